The molecule has 2 heteroatoms. The summed E-state index contributed by atoms with van der Waals surface area (Å²) in [5, 5.41) is 3.48. The molecule has 1 atom stereocenters. The van der Waals surface area contributed by atoms with E-state index in [9.17, 15) is 0 Å². The lowest BCUT2D eigenvalue weighted by molar-refractivity contribution is 0.370. The molecular formula is C14H24N2. The molecule has 3 N–H and O–H groups in total. The zero-order valence-corrected chi connectivity index (χ0v) is 10.7. The van der Waals surface area contributed by atoms with Gasteiger partial charge in [0.05, 0.1) is 0 Å². The third kappa shape index (κ3) is 4.33. The summed E-state index contributed by atoms with van der Waals surface area (Å²) in [5.41, 5.74) is 8.40. The molecule has 16 heavy (non-hydrogen) atoms. The number of nitrogens with one attached hydrogen (secondary N) is 1. The smallest absolute Gasteiger partial charge is 0.0205 e. The van der Waals surface area contributed by atoms with E-state index in [-0.39, 0.29) is 0 Å². The maximum Gasteiger partial charge on any atom is 0.0205 e. The van der Waals surface area contributed by atoms with Crippen molar-refractivity contribution in [1.82, 2.24) is 5.32 Å². The van der Waals surface area contributed by atoms with E-state index in [2.05, 4.69) is 50.4 Å². The van der Waals surface area contributed by atoms with Gasteiger partial charge in [0.15, 0.2) is 0 Å². The van der Waals surface area contributed by atoms with Crippen LogP contribution in [0.5, 0.6) is 0 Å². The van der Waals surface area contributed by atoms with Gasteiger partial charge in [-0.25, -0.2) is 0 Å². The van der Waals surface area contributed by atoms with Crippen molar-refractivity contribution in [2.45, 2.75) is 27.3 Å². The van der Waals surface area contributed by atoms with E-state index in [0.717, 1.165) is 19.6 Å². The average molecular weight is 220 g/mol. The summed E-state index contributed by atoms with van der Waals surface area (Å²) in [6.07, 6.45) is 0. The van der Waals surface area contributed by atoms with E-state index >= 15 is 0 Å². The molecule has 1 unspecified atom stereocenters. The van der Waals surface area contributed by atoms with Crippen molar-refractivity contribution in [2.24, 2.45) is 17.6 Å². The van der Waals surface area contributed by atoms with Crippen LogP contribution in [0.3, 0.4) is 0 Å². The van der Waals surface area contributed by atoms with Gasteiger partial charge in [-0.05, 0) is 37.4 Å². The molecule has 0 saturated heterocycles. The monoisotopic (exact) mass is 220 g/mol. The fourth-order valence-electron chi connectivity index (χ4n) is 1.82. The number of hydrogen-bond acceptors (Lipinski definition) is 2. The van der Waals surface area contributed by atoms with Crippen molar-refractivity contribution in [3.8, 4) is 0 Å². The van der Waals surface area contributed by atoms with Crippen LogP contribution in [0, 0.1) is 18.8 Å². The summed E-state index contributed by atoms with van der Waals surface area (Å²) in [5.74, 6) is 1.22. The minimum atomic E-state index is 0.574. The first-order valence-corrected chi connectivity index (χ1v) is 6.09. The van der Waals surface area contributed by atoms with Crippen molar-refractivity contribution in [1.29, 1.82) is 0 Å². The van der Waals surface area contributed by atoms with Gasteiger partial charge in [-0.3, -0.25) is 0 Å². The molecular weight excluding hydrogens is 196 g/mol. The van der Waals surface area contributed by atoms with Gasteiger partial charge in [0, 0.05) is 6.54 Å². The predicted octanol–water partition coefficient (Wildman–Crippen LogP) is 2.32. The highest BCUT2D eigenvalue weighted by molar-refractivity contribution is 5.21. The number of hydrogen-bond donors (Lipinski definition) is 2. The van der Waals surface area contributed by atoms with Gasteiger partial charge < -0.3 is 11.1 Å². The summed E-state index contributed by atoms with van der Waals surface area (Å²) in [4.78, 5) is 0. The Morgan fingerprint density at radius 3 is 2.62 bits per heavy atom. The molecule has 0 heterocycles. The summed E-state index contributed by atoms with van der Waals surface area (Å²) >= 11 is 0. The van der Waals surface area contributed by atoms with E-state index in [1.54, 1.807) is 0 Å². The molecule has 0 aliphatic rings. The third-order valence-corrected chi connectivity index (χ3v) is 3.06. The maximum atomic E-state index is 5.74. The molecule has 2 nitrogen and oxygen atoms in total. The molecule has 0 bridgehead atoms. The van der Waals surface area contributed by atoms with Crippen LogP contribution in [-0.4, -0.2) is 13.1 Å². The van der Waals surface area contributed by atoms with Gasteiger partial charge in [-0.15, -0.1) is 0 Å². The van der Waals surface area contributed by atoms with Crippen LogP contribution >= 0.6 is 0 Å². The second-order valence-corrected chi connectivity index (χ2v) is 4.86. The lowest BCUT2D eigenvalue weighted by atomic mass is 9.96. The van der Waals surface area contributed by atoms with Gasteiger partial charge in [-0.2, -0.15) is 0 Å². The molecule has 1 aromatic rings. The van der Waals surface area contributed by atoms with Gasteiger partial charge in [0.2, 0.25) is 0 Å². The molecule has 90 valence electrons. The van der Waals surface area contributed by atoms with Crippen LogP contribution in [-0.2, 0) is 6.54 Å². The lowest BCUT2D eigenvalue weighted by Gasteiger charge is -2.19. The molecule has 1 rings (SSSR count). The Bertz CT molecular complexity index is 307. The van der Waals surface area contributed by atoms with Crippen LogP contribution in [0.2, 0.25) is 0 Å². The number of nitrogens with two attached hydrogens (primary N) is 1. The summed E-state index contributed by atoms with van der Waals surface area (Å²) < 4.78 is 0. The van der Waals surface area contributed by atoms with E-state index in [4.69, 9.17) is 5.73 Å². The maximum absolute atomic E-state index is 5.74. The van der Waals surface area contributed by atoms with Crippen LogP contribution in [0.25, 0.3) is 0 Å². The second-order valence-electron chi connectivity index (χ2n) is 4.86. The molecule has 0 aliphatic carbocycles. The predicted molar refractivity (Wildman–Crippen MR) is 70.3 cm³/mol. The van der Waals surface area contributed by atoms with Crippen LogP contribution in [0.4, 0.5) is 0 Å². The van der Waals surface area contributed by atoms with Crippen molar-refractivity contribution in [3.63, 3.8) is 0 Å². The van der Waals surface area contributed by atoms with Gasteiger partial charge >= 0.3 is 0 Å². The average Bonchev–Trinajstić information content (AvgIpc) is 2.24. The van der Waals surface area contributed by atoms with E-state index in [0.29, 0.717) is 11.8 Å². The summed E-state index contributed by atoms with van der Waals surface area (Å²) in [6.45, 7) is 9.28. The van der Waals surface area contributed by atoms with Crippen LogP contribution in [0.15, 0.2) is 24.3 Å². The fraction of sp³-hybridized carbons (Fsp3) is 0.571. The number of aryl methyl sites for hydroxylation is 1. The minimum Gasteiger partial charge on any atom is -0.330 e. The first-order chi connectivity index (χ1) is 7.63. The Labute approximate surface area is 99.2 Å². The quantitative estimate of drug-likeness (QED) is 0.772. The number of benzene rings is 1. The van der Waals surface area contributed by atoms with Crippen molar-refractivity contribution >= 4 is 0 Å². The van der Waals surface area contributed by atoms with E-state index < -0.39 is 0 Å². The summed E-state index contributed by atoms with van der Waals surface area (Å²) in [7, 11) is 0. The fourth-order valence-corrected chi connectivity index (χ4v) is 1.82. The third-order valence-electron chi connectivity index (χ3n) is 3.06. The van der Waals surface area contributed by atoms with E-state index in [1.807, 2.05) is 0 Å². The van der Waals surface area contributed by atoms with Crippen molar-refractivity contribution < 1.29 is 0 Å². The second kappa shape index (κ2) is 6.66. The summed E-state index contributed by atoms with van der Waals surface area (Å²) in [6, 6.07) is 8.61. The zero-order chi connectivity index (χ0) is 12.0. The molecule has 0 fully saturated rings. The highest BCUT2D eigenvalue weighted by Crippen LogP contribution is 2.08. The first-order valence-electron chi connectivity index (χ1n) is 6.09. The highest BCUT2D eigenvalue weighted by atomic mass is 14.9. The molecule has 1 aromatic carbocycles. The molecule has 0 aromatic heterocycles. The van der Waals surface area contributed by atoms with Crippen LogP contribution < -0.4 is 11.1 Å². The van der Waals surface area contributed by atoms with Crippen LogP contribution in [0.1, 0.15) is 25.0 Å². The standard InChI is InChI=1S/C14H24N2/c1-11(2)14(8-15)10-16-9-13-6-4-5-12(3)7-13/h4-7,11,14,16H,8-10,15H2,1-3H3. The molecule has 0 aliphatic heterocycles. The lowest BCUT2D eigenvalue weighted by Crippen LogP contribution is -2.31. The topological polar surface area (TPSA) is 38.0 Å². The van der Waals surface area contributed by atoms with Crippen molar-refractivity contribution in [2.75, 3.05) is 13.1 Å². The SMILES string of the molecule is Cc1cccc(CNCC(CN)C(C)C)c1. The largest absolute Gasteiger partial charge is 0.330 e. The first kappa shape index (κ1) is 13.2. The van der Waals surface area contributed by atoms with Gasteiger partial charge in [-0.1, -0.05) is 43.7 Å². The molecule has 0 amide bonds. The Balaban J connectivity index is 2.35. The number of rotatable bonds is 6. The normalized spacial score (nSPS) is 13.1. The van der Waals surface area contributed by atoms with Gasteiger partial charge in [0.1, 0.15) is 0 Å². The van der Waals surface area contributed by atoms with Gasteiger partial charge in [0.25, 0.3) is 0 Å². The Kier molecular flexibility index (Phi) is 5.50. The Morgan fingerprint density at radius 1 is 1.31 bits per heavy atom. The molecule has 0 spiro atoms. The minimum absolute atomic E-state index is 0.574. The molecule has 0 saturated carbocycles. The van der Waals surface area contributed by atoms with Crippen molar-refractivity contribution in [3.05, 3.63) is 35.4 Å². The molecule has 0 radical (unpaired) electrons. The Morgan fingerprint density at radius 2 is 2.06 bits per heavy atom. The zero-order valence-electron chi connectivity index (χ0n) is 10.7. The highest BCUT2D eigenvalue weighted by Gasteiger charge is 2.10. The van der Waals surface area contributed by atoms with E-state index in [1.165, 1.54) is 11.1 Å². The Hall–Kier alpha value is -0.860.